The van der Waals surface area contributed by atoms with Crippen LogP contribution in [0.1, 0.15) is 19.8 Å². The lowest BCUT2D eigenvalue weighted by atomic mass is 10.3. The molecule has 0 aromatic carbocycles. The van der Waals surface area contributed by atoms with Gasteiger partial charge in [-0.3, -0.25) is 4.79 Å². The van der Waals surface area contributed by atoms with Crippen LogP contribution in [0.2, 0.25) is 0 Å². The fourth-order valence-electron chi connectivity index (χ4n) is 0.539. The number of hydrogen-bond donors (Lipinski definition) is 0. The number of esters is 1. The Labute approximate surface area is 71.7 Å². The van der Waals surface area contributed by atoms with Gasteiger partial charge in [0.05, 0.1) is 20.1 Å². The second-order valence-electron chi connectivity index (χ2n) is 1.88. The van der Waals surface area contributed by atoms with E-state index in [0.717, 1.165) is 0 Å². The molecule has 0 fully saturated rings. The second-order valence-corrected chi connectivity index (χ2v) is 2.34. The van der Waals surface area contributed by atoms with Gasteiger partial charge in [-0.05, 0) is 19.1 Å². The van der Waals surface area contributed by atoms with Gasteiger partial charge >= 0.3 is 5.97 Å². The van der Waals surface area contributed by atoms with Crippen LogP contribution in [-0.2, 0) is 14.3 Å². The van der Waals surface area contributed by atoms with Gasteiger partial charge in [0, 0.05) is 6.42 Å². The van der Waals surface area contributed by atoms with Crippen LogP contribution in [0.15, 0.2) is 0 Å². The molecule has 0 rings (SSSR count). The maximum Gasteiger partial charge on any atom is 0.306 e. The van der Waals surface area contributed by atoms with E-state index in [2.05, 4.69) is 4.74 Å². The van der Waals surface area contributed by atoms with Gasteiger partial charge < -0.3 is 9.47 Å². The summed E-state index contributed by atoms with van der Waals surface area (Å²) in [5, 5.41) is 0.443. The molecule has 0 aromatic rings. The summed E-state index contributed by atoms with van der Waals surface area (Å²) >= 11 is 4.73. The second kappa shape index (κ2) is 6.09. The number of carbonyl (C=O) groups is 1. The summed E-state index contributed by atoms with van der Waals surface area (Å²) in [6.07, 6.45) is 0.769. The number of methoxy groups -OCH3 is 1. The Morgan fingerprint density at radius 3 is 2.55 bits per heavy atom. The molecule has 3 nitrogen and oxygen atoms in total. The molecule has 0 aromatic heterocycles. The highest BCUT2D eigenvalue weighted by molar-refractivity contribution is 7.80. The third kappa shape index (κ3) is 5.79. The molecule has 0 unspecified atom stereocenters. The van der Waals surface area contributed by atoms with E-state index in [0.29, 0.717) is 24.5 Å². The van der Waals surface area contributed by atoms with Gasteiger partial charge in [0.25, 0.3) is 0 Å². The normalized spacial score (nSPS) is 8.91. The molecule has 0 aliphatic rings. The van der Waals surface area contributed by atoms with Gasteiger partial charge in [0.1, 0.15) is 0 Å². The van der Waals surface area contributed by atoms with Crippen molar-refractivity contribution in [2.75, 3.05) is 13.7 Å². The number of thiocarbonyl (C=S) groups is 1. The first-order valence-corrected chi connectivity index (χ1v) is 3.84. The molecular formula is C7H12O3S. The summed E-state index contributed by atoms with van der Waals surface area (Å²) < 4.78 is 9.39. The summed E-state index contributed by atoms with van der Waals surface area (Å²) in [7, 11) is 1.49. The summed E-state index contributed by atoms with van der Waals surface area (Å²) in [6.45, 7) is 2.19. The quantitative estimate of drug-likeness (QED) is 0.478. The van der Waals surface area contributed by atoms with Crippen LogP contribution in [0.3, 0.4) is 0 Å². The number of carbonyl (C=O) groups excluding carboxylic acids is 1. The van der Waals surface area contributed by atoms with Gasteiger partial charge in [0.15, 0.2) is 5.05 Å². The number of hydrogen-bond acceptors (Lipinski definition) is 4. The van der Waals surface area contributed by atoms with Crippen molar-refractivity contribution in [3.8, 4) is 0 Å². The third-order valence-electron chi connectivity index (χ3n) is 1.07. The molecule has 0 radical (unpaired) electrons. The fourth-order valence-corrected chi connectivity index (χ4v) is 0.641. The van der Waals surface area contributed by atoms with Crippen molar-refractivity contribution in [1.29, 1.82) is 0 Å². The monoisotopic (exact) mass is 176 g/mol. The number of ether oxygens (including phenoxy) is 2. The predicted molar refractivity (Wildman–Crippen MR) is 45.5 cm³/mol. The first kappa shape index (κ1) is 10.4. The highest BCUT2D eigenvalue weighted by Crippen LogP contribution is 1.96. The zero-order chi connectivity index (χ0) is 8.69. The molecule has 0 amide bonds. The average Bonchev–Trinajstić information content (AvgIpc) is 2.01. The Bertz CT molecular complexity index is 145. The SMILES string of the molecule is CCOC(=O)CCC(=S)OC. The van der Waals surface area contributed by atoms with E-state index in [1.807, 2.05) is 0 Å². The molecule has 11 heavy (non-hydrogen) atoms. The molecule has 0 aliphatic carbocycles. The molecular weight excluding hydrogens is 164 g/mol. The van der Waals surface area contributed by atoms with E-state index < -0.39 is 0 Å². The third-order valence-corrected chi connectivity index (χ3v) is 1.44. The Morgan fingerprint density at radius 1 is 1.45 bits per heavy atom. The Balaban J connectivity index is 3.38. The molecule has 4 heteroatoms. The standard InChI is InChI=1S/C7H12O3S/c1-3-10-6(8)4-5-7(11)9-2/h3-5H2,1-2H3. The summed E-state index contributed by atoms with van der Waals surface area (Å²) in [5.74, 6) is -0.230. The summed E-state index contributed by atoms with van der Waals surface area (Å²) in [4.78, 5) is 10.7. The van der Waals surface area contributed by atoms with Crippen LogP contribution in [0, 0.1) is 0 Å². The molecule has 0 spiro atoms. The highest BCUT2D eigenvalue weighted by atomic mass is 32.1. The first-order chi connectivity index (χ1) is 5.20. The van der Waals surface area contributed by atoms with Crippen LogP contribution < -0.4 is 0 Å². The largest absolute Gasteiger partial charge is 0.490 e. The zero-order valence-corrected chi connectivity index (χ0v) is 7.57. The maximum atomic E-state index is 10.7. The van der Waals surface area contributed by atoms with Crippen LogP contribution in [-0.4, -0.2) is 24.7 Å². The van der Waals surface area contributed by atoms with Crippen molar-refractivity contribution in [2.45, 2.75) is 19.8 Å². The molecule has 0 saturated heterocycles. The van der Waals surface area contributed by atoms with Crippen LogP contribution in [0.25, 0.3) is 0 Å². The van der Waals surface area contributed by atoms with Crippen molar-refractivity contribution in [3.05, 3.63) is 0 Å². The first-order valence-electron chi connectivity index (χ1n) is 3.43. The van der Waals surface area contributed by atoms with E-state index in [1.54, 1.807) is 6.92 Å². The smallest absolute Gasteiger partial charge is 0.306 e. The Morgan fingerprint density at radius 2 is 2.09 bits per heavy atom. The Hall–Kier alpha value is -0.640. The average molecular weight is 176 g/mol. The predicted octanol–water partition coefficient (Wildman–Crippen LogP) is 1.30. The lowest BCUT2D eigenvalue weighted by molar-refractivity contribution is -0.142. The zero-order valence-electron chi connectivity index (χ0n) is 6.75. The Kier molecular flexibility index (Phi) is 5.74. The molecule has 0 saturated carbocycles. The van der Waals surface area contributed by atoms with Crippen molar-refractivity contribution < 1.29 is 14.3 Å². The maximum absolute atomic E-state index is 10.7. The minimum Gasteiger partial charge on any atom is -0.490 e. The van der Waals surface area contributed by atoms with Gasteiger partial charge in [-0.15, -0.1) is 0 Å². The lowest BCUT2D eigenvalue weighted by Gasteiger charge is -2.01. The molecule has 0 bridgehead atoms. The van der Waals surface area contributed by atoms with Crippen molar-refractivity contribution in [3.63, 3.8) is 0 Å². The van der Waals surface area contributed by atoms with Crippen molar-refractivity contribution in [1.82, 2.24) is 0 Å². The van der Waals surface area contributed by atoms with Gasteiger partial charge in [-0.1, -0.05) is 0 Å². The molecule has 0 atom stereocenters. The van der Waals surface area contributed by atoms with E-state index >= 15 is 0 Å². The minimum absolute atomic E-state index is 0.230. The van der Waals surface area contributed by atoms with Crippen LogP contribution in [0.4, 0.5) is 0 Å². The topological polar surface area (TPSA) is 35.5 Å². The molecule has 0 heterocycles. The van der Waals surface area contributed by atoms with E-state index in [9.17, 15) is 4.79 Å². The lowest BCUT2D eigenvalue weighted by Crippen LogP contribution is -2.07. The van der Waals surface area contributed by atoms with Gasteiger partial charge in [-0.2, -0.15) is 0 Å². The molecule has 0 N–H and O–H groups in total. The summed E-state index contributed by atoms with van der Waals surface area (Å²) in [6, 6.07) is 0. The van der Waals surface area contributed by atoms with E-state index in [1.165, 1.54) is 7.11 Å². The van der Waals surface area contributed by atoms with E-state index in [4.69, 9.17) is 17.0 Å². The van der Waals surface area contributed by atoms with E-state index in [-0.39, 0.29) is 5.97 Å². The van der Waals surface area contributed by atoms with Crippen LogP contribution in [0.5, 0.6) is 0 Å². The molecule has 64 valence electrons. The van der Waals surface area contributed by atoms with Crippen molar-refractivity contribution in [2.24, 2.45) is 0 Å². The van der Waals surface area contributed by atoms with Crippen molar-refractivity contribution >= 4 is 23.2 Å². The van der Waals surface area contributed by atoms with Crippen LogP contribution >= 0.6 is 12.2 Å². The minimum atomic E-state index is -0.230. The van der Waals surface area contributed by atoms with Gasteiger partial charge in [0.2, 0.25) is 0 Å². The summed E-state index contributed by atoms with van der Waals surface area (Å²) in [5.41, 5.74) is 0. The molecule has 0 aliphatic heterocycles. The fraction of sp³-hybridized carbons (Fsp3) is 0.714. The van der Waals surface area contributed by atoms with Gasteiger partial charge in [-0.25, -0.2) is 0 Å². The highest BCUT2D eigenvalue weighted by Gasteiger charge is 2.03. The number of rotatable bonds is 4.